The summed E-state index contributed by atoms with van der Waals surface area (Å²) in [5.41, 5.74) is 1.24. The zero-order valence-electron chi connectivity index (χ0n) is 13.0. The average Bonchev–Trinajstić information content (AvgIpc) is 2.57. The van der Waals surface area contributed by atoms with E-state index in [2.05, 4.69) is 54.6 Å². The van der Waals surface area contributed by atoms with Gasteiger partial charge < -0.3 is 9.84 Å². The lowest BCUT2D eigenvalue weighted by Crippen LogP contribution is -2.09. The van der Waals surface area contributed by atoms with E-state index in [4.69, 9.17) is 4.74 Å². The molecule has 0 aromatic heterocycles. The van der Waals surface area contributed by atoms with Gasteiger partial charge in [0.05, 0.1) is 12.7 Å². The van der Waals surface area contributed by atoms with Gasteiger partial charge in [0.25, 0.3) is 0 Å². The van der Waals surface area contributed by atoms with Gasteiger partial charge in [-0.05, 0) is 46.0 Å². The Balaban J connectivity index is 1.91. The van der Waals surface area contributed by atoms with Gasteiger partial charge in [0.1, 0.15) is 0 Å². The molecule has 0 saturated heterocycles. The van der Waals surface area contributed by atoms with E-state index in [0.29, 0.717) is 19.6 Å². The molecule has 0 spiro atoms. The Labute approximate surface area is 131 Å². The number of rotatable bonds is 6. The molecular formula is C20H22O2. The van der Waals surface area contributed by atoms with Crippen molar-refractivity contribution in [2.45, 2.75) is 32.5 Å². The molecule has 0 aliphatic heterocycles. The molecule has 3 rings (SSSR count). The average molecular weight is 294 g/mol. The van der Waals surface area contributed by atoms with Crippen LogP contribution in [0.1, 0.15) is 25.3 Å². The Kier molecular flexibility index (Phi) is 4.71. The van der Waals surface area contributed by atoms with Crippen LogP contribution in [-0.2, 0) is 11.3 Å². The van der Waals surface area contributed by atoms with Crippen molar-refractivity contribution in [1.29, 1.82) is 0 Å². The van der Waals surface area contributed by atoms with Crippen molar-refractivity contribution in [3.63, 3.8) is 0 Å². The minimum Gasteiger partial charge on any atom is -0.393 e. The van der Waals surface area contributed by atoms with Crippen molar-refractivity contribution in [2.24, 2.45) is 0 Å². The van der Waals surface area contributed by atoms with Gasteiger partial charge in [0.2, 0.25) is 0 Å². The Bertz CT molecular complexity index is 710. The molecule has 1 atom stereocenters. The minimum absolute atomic E-state index is 0.260. The topological polar surface area (TPSA) is 29.5 Å². The summed E-state index contributed by atoms with van der Waals surface area (Å²) in [4.78, 5) is 0. The summed E-state index contributed by atoms with van der Waals surface area (Å²) in [6.07, 6.45) is 1.21. The second-order valence-electron chi connectivity index (χ2n) is 5.70. The highest BCUT2D eigenvalue weighted by Gasteiger charge is 2.08. The molecule has 0 aliphatic rings. The predicted molar refractivity (Wildman–Crippen MR) is 92.0 cm³/mol. The lowest BCUT2D eigenvalue weighted by Gasteiger charge is -2.13. The molecule has 114 valence electrons. The molecule has 0 aliphatic carbocycles. The third-order valence-electron chi connectivity index (χ3n) is 4.20. The third-order valence-corrected chi connectivity index (χ3v) is 4.20. The number of aliphatic hydroxyl groups is 1. The van der Waals surface area contributed by atoms with Crippen molar-refractivity contribution in [3.8, 4) is 0 Å². The quantitative estimate of drug-likeness (QED) is 0.529. The maximum atomic E-state index is 9.62. The van der Waals surface area contributed by atoms with E-state index < -0.39 is 0 Å². The van der Waals surface area contributed by atoms with Gasteiger partial charge >= 0.3 is 0 Å². The molecule has 0 fully saturated rings. The number of hydrogen-bond donors (Lipinski definition) is 1. The first-order valence-corrected chi connectivity index (χ1v) is 7.94. The number of ether oxygens (including phenoxy) is 1. The zero-order chi connectivity index (χ0) is 15.4. The second kappa shape index (κ2) is 6.91. The monoisotopic (exact) mass is 294 g/mol. The maximum absolute atomic E-state index is 9.62. The lowest BCUT2D eigenvalue weighted by atomic mass is 9.97. The molecule has 22 heavy (non-hydrogen) atoms. The summed E-state index contributed by atoms with van der Waals surface area (Å²) in [6, 6.07) is 19.1. The van der Waals surface area contributed by atoms with E-state index in [1.807, 2.05) is 6.92 Å². The first-order chi connectivity index (χ1) is 10.8. The van der Waals surface area contributed by atoms with Crippen molar-refractivity contribution < 1.29 is 9.84 Å². The summed E-state index contributed by atoms with van der Waals surface area (Å²) >= 11 is 0. The maximum Gasteiger partial charge on any atom is 0.0728 e. The zero-order valence-corrected chi connectivity index (χ0v) is 13.0. The van der Waals surface area contributed by atoms with E-state index in [-0.39, 0.29) is 6.10 Å². The Hall–Kier alpha value is -1.90. The molecule has 0 radical (unpaired) electrons. The highest BCUT2D eigenvalue weighted by atomic mass is 16.5. The fraction of sp³-hybridized carbons (Fsp3) is 0.300. The normalized spacial score (nSPS) is 12.8. The molecule has 0 unspecified atom stereocenters. The molecule has 0 heterocycles. The van der Waals surface area contributed by atoms with Gasteiger partial charge in [-0.15, -0.1) is 0 Å². The molecule has 2 nitrogen and oxygen atoms in total. The fourth-order valence-corrected chi connectivity index (χ4v) is 2.86. The van der Waals surface area contributed by atoms with E-state index >= 15 is 0 Å². The van der Waals surface area contributed by atoms with Gasteiger partial charge in [0.15, 0.2) is 0 Å². The minimum atomic E-state index is -0.260. The third kappa shape index (κ3) is 3.13. The van der Waals surface area contributed by atoms with Crippen molar-refractivity contribution in [3.05, 3.63) is 60.2 Å². The highest BCUT2D eigenvalue weighted by Crippen LogP contribution is 2.29. The van der Waals surface area contributed by atoms with E-state index in [1.54, 1.807) is 0 Å². The van der Waals surface area contributed by atoms with Crippen LogP contribution in [-0.4, -0.2) is 17.8 Å². The van der Waals surface area contributed by atoms with Crippen LogP contribution in [0.4, 0.5) is 0 Å². The van der Waals surface area contributed by atoms with Crippen LogP contribution in [0, 0.1) is 0 Å². The van der Waals surface area contributed by atoms with Crippen molar-refractivity contribution >= 4 is 21.5 Å². The van der Waals surface area contributed by atoms with Crippen LogP contribution in [0.25, 0.3) is 21.5 Å². The molecule has 0 amide bonds. The number of benzene rings is 3. The summed E-state index contributed by atoms with van der Waals surface area (Å²) in [5, 5.41) is 14.6. The summed E-state index contributed by atoms with van der Waals surface area (Å²) < 4.78 is 5.85. The first-order valence-electron chi connectivity index (χ1n) is 7.94. The van der Waals surface area contributed by atoms with Crippen LogP contribution < -0.4 is 0 Å². The van der Waals surface area contributed by atoms with Gasteiger partial charge in [-0.2, -0.15) is 0 Å². The van der Waals surface area contributed by atoms with Gasteiger partial charge in [-0.1, -0.05) is 55.5 Å². The van der Waals surface area contributed by atoms with Crippen LogP contribution in [0.15, 0.2) is 54.6 Å². The Morgan fingerprint density at radius 1 is 0.955 bits per heavy atom. The molecule has 0 saturated carbocycles. The van der Waals surface area contributed by atoms with Gasteiger partial charge in [-0.25, -0.2) is 0 Å². The summed E-state index contributed by atoms with van der Waals surface area (Å²) in [5.74, 6) is 0. The number of fused-ring (bicyclic) bond motifs is 2. The van der Waals surface area contributed by atoms with E-state index in [0.717, 1.165) is 6.42 Å². The SMILES string of the molecule is CC[C@@H](O)CCOCc1c2ccccc2cc2ccccc12. The Morgan fingerprint density at radius 3 is 2.14 bits per heavy atom. The molecular weight excluding hydrogens is 272 g/mol. The van der Waals surface area contributed by atoms with Gasteiger partial charge in [0, 0.05) is 6.61 Å². The Morgan fingerprint density at radius 2 is 1.55 bits per heavy atom. The number of hydrogen-bond acceptors (Lipinski definition) is 2. The first kappa shape index (κ1) is 15.0. The fourth-order valence-electron chi connectivity index (χ4n) is 2.86. The summed E-state index contributed by atoms with van der Waals surface area (Å²) in [7, 11) is 0. The van der Waals surface area contributed by atoms with Crippen molar-refractivity contribution in [2.75, 3.05) is 6.61 Å². The molecule has 1 N–H and O–H groups in total. The van der Waals surface area contributed by atoms with Crippen LogP contribution in [0.3, 0.4) is 0 Å². The lowest BCUT2D eigenvalue weighted by molar-refractivity contribution is 0.0729. The van der Waals surface area contributed by atoms with E-state index in [9.17, 15) is 5.11 Å². The number of aliphatic hydroxyl groups excluding tert-OH is 1. The highest BCUT2D eigenvalue weighted by molar-refractivity contribution is 6.02. The van der Waals surface area contributed by atoms with E-state index in [1.165, 1.54) is 27.1 Å². The standard InChI is InChI=1S/C20H22O2/c1-2-17(21)11-12-22-14-20-18-9-5-3-7-15(18)13-16-8-4-6-10-19(16)20/h3-10,13,17,21H,2,11-12,14H2,1H3/t17-/m1/s1. The molecule has 0 bridgehead atoms. The molecule has 3 aromatic carbocycles. The van der Waals surface area contributed by atoms with Crippen molar-refractivity contribution in [1.82, 2.24) is 0 Å². The van der Waals surface area contributed by atoms with Gasteiger partial charge in [-0.3, -0.25) is 0 Å². The molecule has 2 heteroatoms. The largest absolute Gasteiger partial charge is 0.393 e. The predicted octanol–water partition coefficient (Wildman–Crippen LogP) is 4.67. The molecule has 3 aromatic rings. The summed E-state index contributed by atoms with van der Waals surface area (Å²) in [6.45, 7) is 3.16. The second-order valence-corrected chi connectivity index (χ2v) is 5.70. The van der Waals surface area contributed by atoms with Crippen LogP contribution in [0.5, 0.6) is 0 Å². The van der Waals surface area contributed by atoms with Crippen LogP contribution in [0.2, 0.25) is 0 Å². The smallest absolute Gasteiger partial charge is 0.0728 e. The van der Waals surface area contributed by atoms with Crippen LogP contribution >= 0.6 is 0 Å².